The number of aromatic hydroxyl groups is 1. The van der Waals surface area contributed by atoms with E-state index in [2.05, 4.69) is 15.0 Å². The fourth-order valence-electron chi connectivity index (χ4n) is 3.01. The Balaban J connectivity index is 2.11. The van der Waals surface area contributed by atoms with Gasteiger partial charge in [0.05, 0.1) is 17.8 Å². The maximum atomic E-state index is 12.7. The van der Waals surface area contributed by atoms with Crippen LogP contribution in [0.15, 0.2) is 47.3 Å². The number of carbonyl (C=O) groups is 1. The number of aromatic nitrogens is 4. The van der Waals surface area contributed by atoms with Crippen molar-refractivity contribution in [3.63, 3.8) is 0 Å². The van der Waals surface area contributed by atoms with Crippen molar-refractivity contribution >= 4 is 28.7 Å². The quantitative estimate of drug-likeness (QED) is 0.471. The van der Waals surface area contributed by atoms with Crippen LogP contribution in [-0.4, -0.2) is 37.6 Å². The molecule has 4 aromatic rings. The average Bonchev–Trinajstić information content (AvgIpc) is 3.04. The molecule has 0 unspecified atom stereocenters. The first-order valence-corrected chi connectivity index (χ1v) is 8.74. The largest absolute Gasteiger partial charge is 0.506 e. The zero-order valence-electron chi connectivity index (χ0n) is 15.0. The Hall–Kier alpha value is -3.85. The second-order valence-corrected chi connectivity index (χ2v) is 6.41. The van der Waals surface area contributed by atoms with Gasteiger partial charge in [0.15, 0.2) is 17.2 Å². The molecule has 29 heavy (non-hydrogen) atoms. The number of rotatable bonds is 4. The molecule has 4 rings (SSSR count). The van der Waals surface area contributed by atoms with E-state index in [1.807, 2.05) is 0 Å². The number of methoxy groups -OCH3 is 1. The topological polar surface area (TPSA) is 136 Å². The molecule has 0 aliphatic rings. The minimum atomic E-state index is -0.858. The van der Waals surface area contributed by atoms with E-state index in [1.165, 1.54) is 17.7 Å². The average molecular weight is 412 g/mol. The van der Waals surface area contributed by atoms with Gasteiger partial charge in [-0.25, -0.2) is 19.3 Å². The summed E-state index contributed by atoms with van der Waals surface area (Å²) >= 11 is 6.18. The maximum Gasteiger partial charge on any atom is 0.332 e. The second kappa shape index (κ2) is 6.95. The molecule has 2 aromatic heterocycles. The lowest BCUT2D eigenvalue weighted by molar-refractivity contribution is 0.0997. The van der Waals surface area contributed by atoms with Gasteiger partial charge in [-0.1, -0.05) is 29.8 Å². The van der Waals surface area contributed by atoms with E-state index in [9.17, 15) is 14.7 Å². The number of nitrogens with two attached hydrogens (primary N) is 1. The number of halogens is 1. The number of para-hydroxylation sites is 2. The summed E-state index contributed by atoms with van der Waals surface area (Å²) < 4.78 is 6.59. The van der Waals surface area contributed by atoms with E-state index in [1.54, 1.807) is 36.4 Å². The zero-order valence-corrected chi connectivity index (χ0v) is 15.8. The third kappa shape index (κ3) is 2.97. The highest BCUT2D eigenvalue weighted by atomic mass is 35.5. The Morgan fingerprint density at radius 3 is 2.69 bits per heavy atom. The molecule has 0 fully saturated rings. The number of nitrogens with zero attached hydrogens (tertiary/aromatic N) is 3. The van der Waals surface area contributed by atoms with Gasteiger partial charge >= 0.3 is 5.69 Å². The Kier molecular flexibility index (Phi) is 4.44. The molecule has 2 aromatic carbocycles. The van der Waals surface area contributed by atoms with Gasteiger partial charge in [0.25, 0.3) is 5.91 Å². The second-order valence-electron chi connectivity index (χ2n) is 6.03. The lowest BCUT2D eigenvalue weighted by Crippen LogP contribution is -2.16. The van der Waals surface area contributed by atoms with Crippen molar-refractivity contribution in [1.82, 2.24) is 19.5 Å². The molecule has 0 radical (unpaired) electrons. The van der Waals surface area contributed by atoms with Crippen LogP contribution in [0, 0.1) is 0 Å². The van der Waals surface area contributed by atoms with Crippen molar-refractivity contribution in [2.75, 3.05) is 7.11 Å². The Morgan fingerprint density at radius 2 is 1.97 bits per heavy atom. The summed E-state index contributed by atoms with van der Waals surface area (Å²) in [6, 6.07) is 11.4. The highest BCUT2D eigenvalue weighted by Crippen LogP contribution is 2.34. The van der Waals surface area contributed by atoms with Crippen LogP contribution in [0.2, 0.25) is 5.02 Å². The Bertz CT molecular complexity index is 1330. The van der Waals surface area contributed by atoms with Gasteiger partial charge in [0.2, 0.25) is 0 Å². The normalized spacial score (nSPS) is 11.0. The number of amides is 1. The van der Waals surface area contributed by atoms with Gasteiger partial charge in [0.1, 0.15) is 17.0 Å². The summed E-state index contributed by atoms with van der Waals surface area (Å²) in [4.78, 5) is 35.9. The number of imidazole rings is 1. The molecule has 10 heteroatoms. The van der Waals surface area contributed by atoms with E-state index < -0.39 is 11.6 Å². The first-order valence-electron chi connectivity index (χ1n) is 8.36. The summed E-state index contributed by atoms with van der Waals surface area (Å²) in [5.41, 5.74) is 5.61. The summed E-state index contributed by atoms with van der Waals surface area (Å²) in [5.74, 6) is -0.588. The van der Waals surface area contributed by atoms with Crippen LogP contribution in [0.25, 0.3) is 28.2 Å². The highest BCUT2D eigenvalue weighted by Gasteiger charge is 2.22. The Morgan fingerprint density at radius 1 is 1.21 bits per heavy atom. The van der Waals surface area contributed by atoms with Crippen molar-refractivity contribution in [3.05, 3.63) is 63.7 Å². The molecule has 2 heterocycles. The van der Waals surface area contributed by atoms with Crippen LogP contribution in [0.4, 0.5) is 0 Å². The van der Waals surface area contributed by atoms with Gasteiger partial charge in [-0.15, -0.1) is 0 Å². The Labute approximate surface area is 168 Å². The van der Waals surface area contributed by atoms with Crippen LogP contribution in [0.5, 0.6) is 11.5 Å². The summed E-state index contributed by atoms with van der Waals surface area (Å²) in [6.45, 7) is 0. The molecular formula is C19H14ClN5O4. The highest BCUT2D eigenvalue weighted by molar-refractivity contribution is 6.34. The minimum Gasteiger partial charge on any atom is -0.506 e. The van der Waals surface area contributed by atoms with E-state index in [0.717, 1.165) is 0 Å². The van der Waals surface area contributed by atoms with Gasteiger partial charge in [-0.2, -0.15) is 0 Å². The number of fused-ring (bicyclic) bond motifs is 1. The van der Waals surface area contributed by atoms with Crippen LogP contribution < -0.4 is 16.2 Å². The van der Waals surface area contributed by atoms with Crippen molar-refractivity contribution in [2.24, 2.45) is 5.73 Å². The molecule has 0 aliphatic carbocycles. The standard InChI is InChI=1S/C19H14ClN5O4/c1-29-12-8-3-2-6-10(12)25-18-15(23-19(25)28)14(16(21)27)22-17(24-18)9-5-4-7-11(26)13(9)20/h2-8,26H,1H3,(H2,21,27)(H,23,28). The number of aromatic amines is 1. The molecule has 0 bridgehead atoms. The van der Waals surface area contributed by atoms with E-state index in [0.29, 0.717) is 11.4 Å². The fraction of sp³-hybridized carbons (Fsp3) is 0.0526. The van der Waals surface area contributed by atoms with E-state index >= 15 is 0 Å². The fourth-order valence-corrected chi connectivity index (χ4v) is 3.22. The van der Waals surface area contributed by atoms with Crippen LogP contribution >= 0.6 is 11.6 Å². The molecule has 0 atom stereocenters. The molecular weight excluding hydrogens is 398 g/mol. The van der Waals surface area contributed by atoms with Crippen LogP contribution in [-0.2, 0) is 0 Å². The van der Waals surface area contributed by atoms with Crippen molar-refractivity contribution in [3.8, 4) is 28.6 Å². The number of H-pyrrole nitrogens is 1. The summed E-state index contributed by atoms with van der Waals surface area (Å²) in [5, 5.41) is 9.90. The van der Waals surface area contributed by atoms with Crippen molar-refractivity contribution < 1.29 is 14.6 Å². The molecule has 9 nitrogen and oxygen atoms in total. The molecule has 146 valence electrons. The van der Waals surface area contributed by atoms with Crippen LogP contribution in [0.1, 0.15) is 10.5 Å². The lowest BCUT2D eigenvalue weighted by Gasteiger charge is -2.10. The first-order chi connectivity index (χ1) is 13.9. The number of nitrogens with one attached hydrogen (secondary N) is 1. The minimum absolute atomic E-state index is 0.00370. The monoisotopic (exact) mass is 411 g/mol. The molecule has 0 aliphatic heterocycles. The van der Waals surface area contributed by atoms with E-state index in [4.69, 9.17) is 22.1 Å². The zero-order chi connectivity index (χ0) is 20.7. The smallest absolute Gasteiger partial charge is 0.332 e. The number of ether oxygens (including phenoxy) is 1. The lowest BCUT2D eigenvalue weighted by atomic mass is 10.2. The number of phenolic OH excluding ortho intramolecular Hbond substituents is 1. The SMILES string of the molecule is COc1ccccc1-n1c(=O)[nH]c2c(C(N)=O)nc(-c3cccc(O)c3Cl)nc21. The van der Waals surface area contributed by atoms with E-state index in [-0.39, 0.29) is 39.0 Å². The maximum absolute atomic E-state index is 12.7. The van der Waals surface area contributed by atoms with Gasteiger partial charge in [-0.3, -0.25) is 4.79 Å². The number of primary amides is 1. The van der Waals surface area contributed by atoms with Gasteiger partial charge in [-0.05, 0) is 24.3 Å². The number of carbonyl (C=O) groups excluding carboxylic acids is 1. The number of hydrogen-bond acceptors (Lipinski definition) is 6. The number of benzene rings is 2. The van der Waals surface area contributed by atoms with Gasteiger partial charge in [0, 0.05) is 5.56 Å². The predicted molar refractivity (Wildman–Crippen MR) is 107 cm³/mol. The number of hydrogen-bond donors (Lipinski definition) is 3. The predicted octanol–water partition coefficient (Wildman–Crippen LogP) is 2.24. The molecule has 1 amide bonds. The first kappa shape index (κ1) is 18.5. The van der Waals surface area contributed by atoms with Crippen molar-refractivity contribution in [2.45, 2.75) is 0 Å². The third-order valence-electron chi connectivity index (χ3n) is 4.32. The summed E-state index contributed by atoms with van der Waals surface area (Å²) in [6.07, 6.45) is 0. The van der Waals surface area contributed by atoms with Crippen molar-refractivity contribution in [1.29, 1.82) is 0 Å². The third-order valence-corrected chi connectivity index (χ3v) is 4.71. The molecule has 0 saturated carbocycles. The van der Waals surface area contributed by atoms with Gasteiger partial charge < -0.3 is 20.6 Å². The molecule has 4 N–H and O–H groups in total. The van der Waals surface area contributed by atoms with Crippen LogP contribution in [0.3, 0.4) is 0 Å². The molecule has 0 saturated heterocycles. The molecule has 0 spiro atoms. The number of phenols is 1. The summed E-state index contributed by atoms with van der Waals surface area (Å²) in [7, 11) is 1.47.